The van der Waals surface area contributed by atoms with Gasteiger partial charge in [0, 0.05) is 13.0 Å². The van der Waals surface area contributed by atoms with E-state index >= 15 is 0 Å². The van der Waals surface area contributed by atoms with Crippen LogP contribution in [0.4, 0.5) is 0 Å². The first kappa shape index (κ1) is 24.4. The van der Waals surface area contributed by atoms with E-state index in [0.717, 1.165) is 38.8 Å². The first-order chi connectivity index (χ1) is 16.8. The highest BCUT2D eigenvalue weighted by Gasteiger charge is 2.33. The zero-order valence-corrected chi connectivity index (χ0v) is 21.3. The molecule has 6 nitrogen and oxygen atoms in total. The smallest absolute Gasteiger partial charge is 0.220 e. The number of hydrogen-bond donors (Lipinski definition) is 2. The van der Waals surface area contributed by atoms with Crippen molar-refractivity contribution in [2.45, 2.75) is 63.7 Å². The minimum absolute atomic E-state index is 0.0172. The van der Waals surface area contributed by atoms with Crippen molar-refractivity contribution < 1.29 is 19.4 Å². The molecule has 2 heterocycles. The van der Waals surface area contributed by atoms with Gasteiger partial charge in [-0.3, -0.25) is 4.79 Å². The lowest BCUT2D eigenvalue weighted by molar-refractivity contribution is -0.123. The molecule has 3 aliphatic rings. The van der Waals surface area contributed by atoms with Gasteiger partial charge in [0.2, 0.25) is 5.91 Å². The number of aliphatic hydroxyl groups excluding tert-OH is 1. The number of nitrogens with zero attached hydrogens (tertiary/aromatic N) is 1. The fraction of sp³-hybridized carbons (Fsp3) is 0.536. The summed E-state index contributed by atoms with van der Waals surface area (Å²) in [4.78, 5) is 15.4. The van der Waals surface area contributed by atoms with Crippen LogP contribution in [0.2, 0.25) is 5.02 Å². The molecule has 2 N–H and O–H groups in total. The summed E-state index contributed by atoms with van der Waals surface area (Å²) in [5.41, 5.74) is 2.83. The van der Waals surface area contributed by atoms with E-state index in [1.807, 2.05) is 13.8 Å². The summed E-state index contributed by atoms with van der Waals surface area (Å²) >= 11 is 6.54. The molecule has 1 amide bonds. The van der Waals surface area contributed by atoms with Gasteiger partial charge in [-0.05, 0) is 87.4 Å². The minimum atomic E-state index is -0.915. The van der Waals surface area contributed by atoms with Gasteiger partial charge >= 0.3 is 0 Å². The van der Waals surface area contributed by atoms with Crippen LogP contribution in [0.5, 0.6) is 11.5 Å². The molecule has 2 aromatic rings. The van der Waals surface area contributed by atoms with Crippen LogP contribution < -0.4 is 14.8 Å². The molecule has 2 unspecified atom stereocenters. The largest absolute Gasteiger partial charge is 0.485 e. The number of fused-ring (bicyclic) bond motifs is 2. The highest BCUT2D eigenvalue weighted by Crippen LogP contribution is 2.43. The van der Waals surface area contributed by atoms with Crippen LogP contribution in [-0.4, -0.2) is 53.8 Å². The topological polar surface area (TPSA) is 71.0 Å². The third kappa shape index (κ3) is 5.60. The second-order valence-electron chi connectivity index (χ2n) is 10.9. The SMILES string of the molecule is CC1(C)COc2cc(C(O)C(CN3CCCC3)NC(=O)CC3Cc4ccccc4C3)cc(Cl)c2O1. The number of amides is 1. The molecule has 35 heavy (non-hydrogen) atoms. The van der Waals surface area contributed by atoms with Crippen LogP contribution in [0, 0.1) is 5.92 Å². The molecule has 1 aliphatic carbocycles. The Hall–Kier alpha value is -2.28. The van der Waals surface area contributed by atoms with Gasteiger partial charge in [0.15, 0.2) is 11.5 Å². The number of ether oxygens (including phenoxy) is 2. The summed E-state index contributed by atoms with van der Waals surface area (Å²) in [5.74, 6) is 1.31. The molecule has 0 bridgehead atoms. The van der Waals surface area contributed by atoms with Crippen LogP contribution in [-0.2, 0) is 17.6 Å². The predicted molar refractivity (Wildman–Crippen MR) is 136 cm³/mol. The molecular weight excluding hydrogens is 464 g/mol. The lowest BCUT2D eigenvalue weighted by Crippen LogP contribution is -2.47. The van der Waals surface area contributed by atoms with E-state index in [2.05, 4.69) is 34.5 Å². The number of carbonyl (C=O) groups excluding carboxylic acids is 1. The van der Waals surface area contributed by atoms with Crippen molar-refractivity contribution >= 4 is 17.5 Å². The number of nitrogens with one attached hydrogen (secondary N) is 1. The Bertz CT molecular complexity index is 1060. The zero-order valence-electron chi connectivity index (χ0n) is 20.6. The molecule has 5 rings (SSSR count). The lowest BCUT2D eigenvalue weighted by Gasteiger charge is -2.34. The van der Waals surface area contributed by atoms with Crippen molar-refractivity contribution in [2.24, 2.45) is 5.92 Å². The molecule has 0 aromatic heterocycles. The highest BCUT2D eigenvalue weighted by atomic mass is 35.5. The van der Waals surface area contributed by atoms with Gasteiger partial charge in [-0.1, -0.05) is 35.9 Å². The Morgan fingerprint density at radius 1 is 1.20 bits per heavy atom. The van der Waals surface area contributed by atoms with Crippen LogP contribution in [0.15, 0.2) is 36.4 Å². The van der Waals surface area contributed by atoms with E-state index in [4.69, 9.17) is 21.1 Å². The molecule has 0 saturated carbocycles. The van der Waals surface area contributed by atoms with Crippen LogP contribution in [0.3, 0.4) is 0 Å². The predicted octanol–water partition coefficient (Wildman–Crippen LogP) is 4.31. The van der Waals surface area contributed by atoms with E-state index in [0.29, 0.717) is 47.6 Å². The molecule has 2 aromatic carbocycles. The van der Waals surface area contributed by atoms with Crippen molar-refractivity contribution in [1.82, 2.24) is 10.2 Å². The zero-order chi connectivity index (χ0) is 24.6. The van der Waals surface area contributed by atoms with E-state index in [-0.39, 0.29) is 5.91 Å². The van der Waals surface area contributed by atoms with Crippen LogP contribution in [0.25, 0.3) is 0 Å². The maximum atomic E-state index is 13.1. The lowest BCUT2D eigenvalue weighted by atomic mass is 9.98. The van der Waals surface area contributed by atoms with Gasteiger partial charge in [-0.15, -0.1) is 0 Å². The maximum absolute atomic E-state index is 13.1. The minimum Gasteiger partial charge on any atom is -0.485 e. The average Bonchev–Trinajstić information content (AvgIpc) is 3.47. The quantitative estimate of drug-likeness (QED) is 0.595. The van der Waals surface area contributed by atoms with Gasteiger partial charge in [-0.2, -0.15) is 0 Å². The summed E-state index contributed by atoms with van der Waals surface area (Å²) in [6, 6.07) is 11.5. The number of hydrogen-bond acceptors (Lipinski definition) is 5. The summed E-state index contributed by atoms with van der Waals surface area (Å²) in [6.45, 7) is 6.84. The molecular formula is C28H35ClN2O4. The normalized spacial score (nSPS) is 20.9. The molecule has 2 aliphatic heterocycles. The molecule has 1 saturated heterocycles. The number of benzene rings is 2. The first-order valence-electron chi connectivity index (χ1n) is 12.7. The Morgan fingerprint density at radius 2 is 1.89 bits per heavy atom. The molecule has 7 heteroatoms. The number of halogens is 1. The molecule has 2 atom stereocenters. The van der Waals surface area contributed by atoms with Crippen molar-refractivity contribution in [3.8, 4) is 11.5 Å². The Kier molecular flexibility index (Phi) is 6.97. The number of aliphatic hydroxyl groups is 1. The van der Waals surface area contributed by atoms with Crippen LogP contribution >= 0.6 is 11.6 Å². The fourth-order valence-corrected chi connectivity index (χ4v) is 5.80. The summed E-state index contributed by atoms with van der Waals surface area (Å²) in [7, 11) is 0. The molecule has 0 spiro atoms. The van der Waals surface area contributed by atoms with Gasteiger partial charge in [-0.25, -0.2) is 0 Å². The number of rotatable bonds is 7. The second-order valence-corrected chi connectivity index (χ2v) is 11.3. The fourth-order valence-electron chi connectivity index (χ4n) is 5.54. The number of carbonyl (C=O) groups is 1. The number of likely N-dealkylation sites (tertiary alicyclic amines) is 1. The van der Waals surface area contributed by atoms with Crippen molar-refractivity contribution in [2.75, 3.05) is 26.2 Å². The summed E-state index contributed by atoms with van der Waals surface area (Å²) < 4.78 is 11.9. The molecule has 188 valence electrons. The first-order valence-corrected chi connectivity index (χ1v) is 13.1. The van der Waals surface area contributed by atoms with Gasteiger partial charge < -0.3 is 24.8 Å². The standard InChI is InChI=1S/C28H35ClN2O4/c1-28(2)17-34-24-15-21(14-22(29)27(24)35-28)26(33)23(16-31-9-5-6-10-31)30-25(32)13-18-11-19-7-3-4-8-20(19)12-18/h3-4,7-8,14-15,18,23,26,33H,5-6,9-13,16-17H2,1-2H3,(H,30,32). The van der Waals surface area contributed by atoms with Gasteiger partial charge in [0.1, 0.15) is 18.3 Å². The third-order valence-electron chi connectivity index (χ3n) is 7.32. The van der Waals surface area contributed by atoms with Gasteiger partial charge in [0.05, 0.1) is 11.1 Å². The van der Waals surface area contributed by atoms with Crippen molar-refractivity contribution in [3.63, 3.8) is 0 Å². The van der Waals surface area contributed by atoms with E-state index in [9.17, 15) is 9.90 Å². The Morgan fingerprint density at radius 3 is 2.57 bits per heavy atom. The van der Waals surface area contributed by atoms with Crippen LogP contribution in [0.1, 0.15) is 55.9 Å². The van der Waals surface area contributed by atoms with E-state index in [1.165, 1.54) is 11.1 Å². The molecule has 0 radical (unpaired) electrons. The second kappa shape index (κ2) is 10.00. The van der Waals surface area contributed by atoms with Gasteiger partial charge in [0.25, 0.3) is 0 Å². The summed E-state index contributed by atoms with van der Waals surface area (Å²) in [5, 5.41) is 15.0. The third-order valence-corrected chi connectivity index (χ3v) is 7.60. The highest BCUT2D eigenvalue weighted by molar-refractivity contribution is 6.32. The van der Waals surface area contributed by atoms with E-state index in [1.54, 1.807) is 12.1 Å². The maximum Gasteiger partial charge on any atom is 0.220 e. The Balaban J connectivity index is 1.30. The average molecular weight is 499 g/mol. The van der Waals surface area contributed by atoms with Crippen molar-refractivity contribution in [1.29, 1.82) is 0 Å². The van der Waals surface area contributed by atoms with Crippen molar-refractivity contribution in [3.05, 3.63) is 58.1 Å². The summed E-state index contributed by atoms with van der Waals surface area (Å²) in [6.07, 6.45) is 3.68. The monoisotopic (exact) mass is 498 g/mol. The van der Waals surface area contributed by atoms with E-state index < -0.39 is 17.7 Å². The Labute approximate surface area is 212 Å². The molecule has 1 fully saturated rings.